The van der Waals surface area contributed by atoms with Gasteiger partial charge in [-0.25, -0.2) is 4.57 Å². The Hall–Kier alpha value is -0.760. The number of phosphoric ester groups is 1. The first-order chi connectivity index (χ1) is 25.0. The Balaban J connectivity index is 4.40. The van der Waals surface area contributed by atoms with E-state index in [1.807, 2.05) is 27.2 Å². The van der Waals surface area contributed by atoms with Crippen molar-refractivity contribution in [1.29, 1.82) is 0 Å². The van der Waals surface area contributed by atoms with E-state index in [0.29, 0.717) is 17.4 Å². The Bertz CT molecular complexity index is 865. The van der Waals surface area contributed by atoms with Crippen LogP contribution in [0.4, 0.5) is 0 Å². The van der Waals surface area contributed by atoms with Gasteiger partial charge in [0.15, 0.2) is 0 Å². The molecular formula is C43H88N2O6P+. The number of quaternary nitrogens is 1. The summed E-state index contributed by atoms with van der Waals surface area (Å²) in [6, 6.07) is -0.839. The number of unbranched alkanes of at least 4 members (excludes halogenated alkanes) is 27. The van der Waals surface area contributed by atoms with Crippen molar-refractivity contribution < 1.29 is 32.9 Å². The van der Waals surface area contributed by atoms with Crippen LogP contribution in [-0.2, 0) is 18.4 Å². The first-order valence-corrected chi connectivity index (χ1v) is 23.6. The molecule has 0 aromatic heterocycles. The van der Waals surface area contributed by atoms with Gasteiger partial charge in [-0.1, -0.05) is 193 Å². The second-order valence-corrected chi connectivity index (χ2v) is 17.9. The van der Waals surface area contributed by atoms with Crippen molar-refractivity contribution in [2.45, 2.75) is 219 Å². The van der Waals surface area contributed by atoms with Gasteiger partial charge < -0.3 is 19.8 Å². The maximum absolute atomic E-state index is 12.8. The molecule has 0 aliphatic heterocycles. The summed E-state index contributed by atoms with van der Waals surface area (Å²) in [5, 5.41) is 13.8. The number of aliphatic hydroxyl groups is 1. The fraction of sp³-hybridized carbons (Fsp3) is 0.930. The second-order valence-electron chi connectivity index (χ2n) is 16.4. The predicted molar refractivity (Wildman–Crippen MR) is 222 cm³/mol. The van der Waals surface area contributed by atoms with Crippen LogP contribution in [0.25, 0.3) is 0 Å². The number of rotatable bonds is 40. The van der Waals surface area contributed by atoms with Crippen LogP contribution < -0.4 is 5.32 Å². The van der Waals surface area contributed by atoms with Crippen molar-refractivity contribution in [1.82, 2.24) is 5.32 Å². The monoisotopic (exact) mass is 760 g/mol. The minimum Gasteiger partial charge on any atom is -0.387 e. The third-order valence-electron chi connectivity index (χ3n) is 10.0. The van der Waals surface area contributed by atoms with Gasteiger partial charge in [0.25, 0.3) is 0 Å². The minimum absolute atomic E-state index is 0.0645. The first kappa shape index (κ1) is 51.2. The van der Waals surface area contributed by atoms with Crippen molar-refractivity contribution in [2.24, 2.45) is 0 Å². The maximum atomic E-state index is 12.8. The third-order valence-corrected chi connectivity index (χ3v) is 11.0. The van der Waals surface area contributed by atoms with Crippen LogP contribution in [0.15, 0.2) is 12.2 Å². The summed E-state index contributed by atoms with van der Waals surface area (Å²) in [5.74, 6) is -0.176. The van der Waals surface area contributed by atoms with E-state index < -0.39 is 20.0 Å². The van der Waals surface area contributed by atoms with Gasteiger partial charge in [0.05, 0.1) is 39.9 Å². The van der Waals surface area contributed by atoms with E-state index in [-0.39, 0.29) is 19.1 Å². The number of allylic oxidation sites excluding steroid dienone is 1. The van der Waals surface area contributed by atoms with E-state index >= 15 is 0 Å². The molecule has 3 unspecified atom stereocenters. The molecule has 0 heterocycles. The van der Waals surface area contributed by atoms with E-state index in [2.05, 4.69) is 19.2 Å². The number of likely N-dealkylation sites (N-methyl/N-ethyl adjacent to an activating group) is 1. The number of hydrogen-bond donors (Lipinski definition) is 3. The van der Waals surface area contributed by atoms with Crippen molar-refractivity contribution in [3.05, 3.63) is 12.2 Å². The molecule has 310 valence electrons. The van der Waals surface area contributed by atoms with Gasteiger partial charge >= 0.3 is 7.82 Å². The largest absolute Gasteiger partial charge is 0.472 e. The first-order valence-electron chi connectivity index (χ1n) is 22.1. The summed E-state index contributed by atoms with van der Waals surface area (Å²) < 4.78 is 23.5. The van der Waals surface area contributed by atoms with Crippen LogP contribution in [0.2, 0.25) is 0 Å². The number of carbonyl (C=O) groups is 1. The van der Waals surface area contributed by atoms with Crippen LogP contribution in [0.1, 0.15) is 206 Å². The lowest BCUT2D eigenvalue weighted by Gasteiger charge is -2.25. The molecule has 0 rings (SSSR count). The topological polar surface area (TPSA) is 105 Å². The molecule has 0 spiro atoms. The van der Waals surface area contributed by atoms with Crippen LogP contribution in [-0.4, -0.2) is 73.4 Å². The van der Waals surface area contributed by atoms with Gasteiger partial charge in [-0.15, -0.1) is 0 Å². The molecule has 0 aromatic rings. The van der Waals surface area contributed by atoms with Crippen LogP contribution in [0, 0.1) is 0 Å². The Morgan fingerprint density at radius 1 is 0.635 bits per heavy atom. The Morgan fingerprint density at radius 2 is 1.02 bits per heavy atom. The van der Waals surface area contributed by atoms with Crippen LogP contribution in [0.5, 0.6) is 0 Å². The van der Waals surface area contributed by atoms with Gasteiger partial charge in [-0.05, 0) is 19.3 Å². The van der Waals surface area contributed by atoms with E-state index in [1.54, 1.807) is 6.08 Å². The molecule has 0 aromatic carbocycles. The fourth-order valence-electron chi connectivity index (χ4n) is 6.45. The molecule has 3 N–H and O–H groups in total. The lowest BCUT2D eigenvalue weighted by atomic mass is 10.0. The summed E-state index contributed by atoms with van der Waals surface area (Å²) >= 11 is 0. The van der Waals surface area contributed by atoms with Crippen molar-refractivity contribution in [2.75, 3.05) is 40.9 Å². The number of carbonyl (C=O) groups excluding carboxylic acids is 1. The van der Waals surface area contributed by atoms with E-state index in [0.717, 1.165) is 32.1 Å². The Kier molecular flexibility index (Phi) is 35.4. The maximum Gasteiger partial charge on any atom is 0.472 e. The third kappa shape index (κ3) is 37.6. The number of phosphoric acid groups is 1. The molecule has 0 fully saturated rings. The molecule has 0 saturated heterocycles. The van der Waals surface area contributed by atoms with Gasteiger partial charge in [0, 0.05) is 6.42 Å². The molecule has 0 aliphatic rings. The Morgan fingerprint density at radius 3 is 1.42 bits per heavy atom. The molecule has 3 atom stereocenters. The van der Waals surface area contributed by atoms with Gasteiger partial charge in [0.1, 0.15) is 13.2 Å². The highest BCUT2D eigenvalue weighted by Gasteiger charge is 2.27. The molecule has 8 nitrogen and oxygen atoms in total. The smallest absolute Gasteiger partial charge is 0.387 e. The molecule has 0 saturated carbocycles. The summed E-state index contributed by atoms with van der Waals surface area (Å²) in [6.45, 7) is 4.82. The quantitative estimate of drug-likeness (QED) is 0.0249. The lowest BCUT2D eigenvalue weighted by molar-refractivity contribution is -0.870. The van der Waals surface area contributed by atoms with E-state index in [4.69, 9.17) is 9.05 Å². The fourth-order valence-corrected chi connectivity index (χ4v) is 7.19. The number of amides is 1. The van der Waals surface area contributed by atoms with Gasteiger partial charge in [0.2, 0.25) is 5.91 Å². The summed E-state index contributed by atoms with van der Waals surface area (Å²) in [7, 11) is 1.58. The molecule has 52 heavy (non-hydrogen) atoms. The number of hydrogen-bond acceptors (Lipinski definition) is 5. The average Bonchev–Trinajstić information content (AvgIpc) is 3.09. The molecule has 9 heteroatoms. The van der Waals surface area contributed by atoms with Crippen LogP contribution >= 0.6 is 7.82 Å². The molecular weight excluding hydrogens is 671 g/mol. The normalized spacial score (nSPS) is 14.5. The highest BCUT2D eigenvalue weighted by Crippen LogP contribution is 2.43. The van der Waals surface area contributed by atoms with Gasteiger partial charge in [-0.3, -0.25) is 13.8 Å². The van der Waals surface area contributed by atoms with Gasteiger partial charge in [-0.2, -0.15) is 0 Å². The predicted octanol–water partition coefficient (Wildman–Crippen LogP) is 12.0. The second kappa shape index (κ2) is 35.9. The highest BCUT2D eigenvalue weighted by atomic mass is 31.2. The molecule has 0 bridgehead atoms. The molecule has 1 amide bonds. The van der Waals surface area contributed by atoms with Crippen molar-refractivity contribution in [3.8, 4) is 0 Å². The minimum atomic E-state index is -4.33. The van der Waals surface area contributed by atoms with Crippen LogP contribution in [0.3, 0.4) is 0 Å². The molecule has 0 aliphatic carbocycles. The Labute approximate surface area is 322 Å². The standard InChI is InChI=1S/C43H87N2O6P/c1-6-8-10-12-14-16-18-20-21-22-23-24-25-26-28-30-32-34-36-42(46)41(40-51-52(48,49)50-39-38-45(3,4)5)44-43(47)37-35-33-31-29-27-19-17-15-13-11-9-7-2/h34,36,41-42,46H,6-33,35,37-40H2,1-5H3,(H-,44,47,48,49)/p+1/b36-34+. The number of nitrogens with zero attached hydrogens (tertiary/aromatic N) is 1. The SMILES string of the molecule is CCCCCCCCCCCCCCCCCC/C=C/C(O)C(COP(=O)(O)OCC[N+](C)(C)C)NC(=O)CCCCCCCCCCCCCC. The number of aliphatic hydroxyl groups excluding tert-OH is 1. The highest BCUT2D eigenvalue weighted by molar-refractivity contribution is 7.47. The van der Waals surface area contributed by atoms with Crippen molar-refractivity contribution >= 4 is 13.7 Å². The zero-order valence-corrected chi connectivity index (χ0v) is 36.0. The van der Waals surface area contributed by atoms with Crippen molar-refractivity contribution in [3.63, 3.8) is 0 Å². The summed E-state index contributed by atoms with van der Waals surface area (Å²) in [4.78, 5) is 23.1. The zero-order chi connectivity index (χ0) is 38.6. The molecule has 0 radical (unpaired) electrons. The average molecular weight is 760 g/mol. The number of nitrogens with one attached hydrogen (secondary N) is 1. The van der Waals surface area contributed by atoms with E-state index in [1.165, 1.54) is 154 Å². The van der Waals surface area contributed by atoms with E-state index in [9.17, 15) is 19.4 Å². The summed E-state index contributed by atoms with van der Waals surface area (Å²) in [6.07, 6.45) is 39.9. The zero-order valence-electron chi connectivity index (χ0n) is 35.1. The lowest BCUT2D eigenvalue weighted by Crippen LogP contribution is -2.45. The summed E-state index contributed by atoms with van der Waals surface area (Å²) in [5.41, 5.74) is 0.